The van der Waals surface area contributed by atoms with E-state index in [9.17, 15) is 4.79 Å². The fourth-order valence-corrected chi connectivity index (χ4v) is 1.64. The molecule has 0 heterocycles. The van der Waals surface area contributed by atoms with Crippen LogP contribution >= 0.6 is 0 Å². The van der Waals surface area contributed by atoms with Gasteiger partial charge in [-0.3, -0.25) is 0 Å². The van der Waals surface area contributed by atoms with Crippen LogP contribution in [0.15, 0.2) is 12.1 Å². The third-order valence-electron chi connectivity index (χ3n) is 2.75. The number of benzene rings is 1. The van der Waals surface area contributed by atoms with Gasteiger partial charge in [0.25, 0.3) is 0 Å². The van der Waals surface area contributed by atoms with E-state index in [0.717, 1.165) is 17.5 Å². The summed E-state index contributed by atoms with van der Waals surface area (Å²) in [6.07, 6.45) is 1.95. The van der Waals surface area contributed by atoms with Gasteiger partial charge in [0.05, 0.1) is 18.2 Å². The molecule has 18 heavy (non-hydrogen) atoms. The van der Waals surface area contributed by atoms with Crippen molar-refractivity contribution in [2.45, 2.75) is 33.1 Å². The number of anilines is 1. The van der Waals surface area contributed by atoms with Crippen molar-refractivity contribution in [2.75, 3.05) is 12.3 Å². The molecule has 0 fully saturated rings. The number of nitrogens with two attached hydrogens (primary N) is 1. The van der Waals surface area contributed by atoms with Crippen LogP contribution in [0.25, 0.3) is 0 Å². The molecule has 0 aliphatic heterocycles. The molecule has 0 aromatic heterocycles. The number of nitrogen functional groups attached to an aromatic ring is 1. The van der Waals surface area contributed by atoms with Gasteiger partial charge >= 0.3 is 5.97 Å². The van der Waals surface area contributed by atoms with Crippen LogP contribution in [0.4, 0.5) is 5.69 Å². The highest BCUT2D eigenvalue weighted by Gasteiger charge is 2.12. The lowest BCUT2D eigenvalue weighted by molar-refractivity contribution is 0.0498. The Balaban J connectivity index is 2.57. The minimum absolute atomic E-state index is 0.341. The summed E-state index contributed by atoms with van der Waals surface area (Å²) < 4.78 is 5.15. The zero-order chi connectivity index (χ0) is 13.5. The molecule has 96 valence electrons. The van der Waals surface area contributed by atoms with E-state index < -0.39 is 0 Å². The van der Waals surface area contributed by atoms with Gasteiger partial charge in [-0.25, -0.2) is 4.79 Å². The Morgan fingerprint density at radius 1 is 1.33 bits per heavy atom. The zero-order valence-corrected chi connectivity index (χ0v) is 10.8. The van der Waals surface area contributed by atoms with Crippen molar-refractivity contribution in [1.82, 2.24) is 0 Å². The standard InChI is InChI=1S/C14H18N2O2/c1-10-8-11(2)13(16)9-12(10)14(17)18-7-5-3-4-6-15/h8-9H,3-5,7,16H2,1-2H3. The number of aryl methyl sites for hydroxylation is 2. The largest absolute Gasteiger partial charge is 0.462 e. The summed E-state index contributed by atoms with van der Waals surface area (Å²) in [5.74, 6) is -0.351. The summed E-state index contributed by atoms with van der Waals surface area (Å²) in [5, 5.41) is 8.37. The Morgan fingerprint density at radius 2 is 2.06 bits per heavy atom. The molecule has 1 aromatic rings. The minimum atomic E-state index is -0.351. The second kappa shape index (κ2) is 6.65. The molecule has 0 radical (unpaired) electrons. The van der Waals surface area contributed by atoms with E-state index in [1.165, 1.54) is 0 Å². The highest BCUT2D eigenvalue weighted by molar-refractivity contribution is 5.92. The maximum Gasteiger partial charge on any atom is 0.338 e. The van der Waals surface area contributed by atoms with Crippen LogP contribution in [0.1, 0.15) is 40.7 Å². The summed E-state index contributed by atoms with van der Waals surface area (Å²) >= 11 is 0. The van der Waals surface area contributed by atoms with Gasteiger partial charge in [-0.05, 0) is 43.9 Å². The van der Waals surface area contributed by atoms with Crippen molar-refractivity contribution in [3.8, 4) is 6.07 Å². The number of hydrogen-bond donors (Lipinski definition) is 1. The van der Waals surface area contributed by atoms with E-state index in [-0.39, 0.29) is 5.97 Å². The minimum Gasteiger partial charge on any atom is -0.462 e. The Kier molecular flexibility index (Phi) is 5.19. The van der Waals surface area contributed by atoms with Gasteiger partial charge in [-0.2, -0.15) is 5.26 Å². The van der Waals surface area contributed by atoms with E-state index in [4.69, 9.17) is 15.7 Å². The fraction of sp³-hybridized carbons (Fsp3) is 0.429. The predicted octanol–water partition coefficient (Wildman–Crippen LogP) is 2.74. The van der Waals surface area contributed by atoms with Crippen molar-refractivity contribution in [1.29, 1.82) is 5.26 Å². The molecule has 0 saturated carbocycles. The Labute approximate surface area is 107 Å². The first kappa shape index (κ1) is 14.0. The van der Waals surface area contributed by atoms with Gasteiger partial charge in [-0.1, -0.05) is 6.07 Å². The number of nitrogens with zero attached hydrogens (tertiary/aromatic N) is 1. The van der Waals surface area contributed by atoms with E-state index in [1.54, 1.807) is 6.07 Å². The fourth-order valence-electron chi connectivity index (χ4n) is 1.64. The molecular formula is C14H18N2O2. The molecule has 4 nitrogen and oxygen atoms in total. The van der Waals surface area contributed by atoms with Gasteiger partial charge in [0.1, 0.15) is 0 Å². The molecule has 0 saturated heterocycles. The number of hydrogen-bond acceptors (Lipinski definition) is 4. The summed E-state index contributed by atoms with van der Waals surface area (Å²) in [6.45, 7) is 4.10. The number of unbranched alkanes of at least 4 members (excludes halogenated alkanes) is 2. The number of esters is 1. The van der Waals surface area contributed by atoms with Gasteiger partial charge in [0.15, 0.2) is 0 Å². The lowest BCUT2D eigenvalue weighted by Gasteiger charge is -2.09. The predicted molar refractivity (Wildman–Crippen MR) is 70.1 cm³/mol. The van der Waals surface area contributed by atoms with Gasteiger partial charge in [0.2, 0.25) is 0 Å². The van der Waals surface area contributed by atoms with E-state index in [2.05, 4.69) is 6.07 Å². The zero-order valence-electron chi connectivity index (χ0n) is 10.8. The molecule has 0 atom stereocenters. The average Bonchev–Trinajstić information content (AvgIpc) is 2.33. The quantitative estimate of drug-likeness (QED) is 0.492. The van der Waals surface area contributed by atoms with Gasteiger partial charge in [0, 0.05) is 12.1 Å². The van der Waals surface area contributed by atoms with Crippen LogP contribution in [0, 0.1) is 25.2 Å². The Bertz CT molecular complexity index is 475. The molecule has 1 aromatic carbocycles. The van der Waals surface area contributed by atoms with E-state index in [1.807, 2.05) is 19.9 Å². The summed E-state index contributed by atoms with van der Waals surface area (Å²) in [5.41, 5.74) is 8.71. The third-order valence-corrected chi connectivity index (χ3v) is 2.75. The number of ether oxygens (including phenoxy) is 1. The molecule has 0 amide bonds. The van der Waals surface area contributed by atoms with Crippen molar-refractivity contribution >= 4 is 11.7 Å². The highest BCUT2D eigenvalue weighted by Crippen LogP contribution is 2.18. The van der Waals surface area contributed by atoms with Crippen molar-refractivity contribution in [3.63, 3.8) is 0 Å². The number of carbonyl (C=O) groups excluding carboxylic acids is 1. The highest BCUT2D eigenvalue weighted by atomic mass is 16.5. The molecule has 2 N–H and O–H groups in total. The first-order valence-corrected chi connectivity index (χ1v) is 5.97. The topological polar surface area (TPSA) is 76.1 Å². The second-order valence-electron chi connectivity index (χ2n) is 4.27. The molecule has 0 unspecified atom stereocenters. The van der Waals surface area contributed by atoms with Gasteiger partial charge < -0.3 is 10.5 Å². The maximum absolute atomic E-state index is 11.8. The van der Waals surface area contributed by atoms with Crippen molar-refractivity contribution in [3.05, 3.63) is 28.8 Å². The van der Waals surface area contributed by atoms with Crippen molar-refractivity contribution < 1.29 is 9.53 Å². The Hall–Kier alpha value is -2.02. The van der Waals surface area contributed by atoms with Crippen LogP contribution in [0.2, 0.25) is 0 Å². The molecule has 0 spiro atoms. The summed E-state index contributed by atoms with van der Waals surface area (Å²) in [4.78, 5) is 11.8. The van der Waals surface area contributed by atoms with Crippen molar-refractivity contribution in [2.24, 2.45) is 0 Å². The smallest absolute Gasteiger partial charge is 0.338 e. The molecule has 0 aliphatic carbocycles. The lowest BCUT2D eigenvalue weighted by atomic mass is 10.0. The molecule has 4 heteroatoms. The summed E-state index contributed by atoms with van der Waals surface area (Å²) in [6, 6.07) is 5.58. The average molecular weight is 246 g/mol. The SMILES string of the molecule is Cc1cc(C)c(C(=O)OCCCCC#N)cc1N. The first-order valence-electron chi connectivity index (χ1n) is 5.97. The van der Waals surface area contributed by atoms with Gasteiger partial charge in [-0.15, -0.1) is 0 Å². The van der Waals surface area contributed by atoms with Crippen LogP contribution in [0.3, 0.4) is 0 Å². The normalized spacial score (nSPS) is 9.83. The summed E-state index contributed by atoms with van der Waals surface area (Å²) in [7, 11) is 0. The molecule has 1 rings (SSSR count). The maximum atomic E-state index is 11.8. The van der Waals surface area contributed by atoms with Crippen LogP contribution in [0.5, 0.6) is 0 Å². The first-order chi connectivity index (χ1) is 8.56. The monoisotopic (exact) mass is 246 g/mol. The lowest BCUT2D eigenvalue weighted by Crippen LogP contribution is -2.09. The third kappa shape index (κ3) is 3.77. The molecular weight excluding hydrogens is 228 g/mol. The van der Waals surface area contributed by atoms with E-state index >= 15 is 0 Å². The number of rotatable bonds is 5. The molecule has 0 bridgehead atoms. The number of nitriles is 1. The molecule has 0 aliphatic rings. The van der Waals surface area contributed by atoms with Crippen LogP contribution in [-0.4, -0.2) is 12.6 Å². The van der Waals surface area contributed by atoms with E-state index in [0.29, 0.717) is 30.7 Å². The Morgan fingerprint density at radius 3 is 2.72 bits per heavy atom. The van der Waals surface area contributed by atoms with Crippen LogP contribution in [-0.2, 0) is 4.74 Å². The number of carbonyl (C=O) groups is 1. The second-order valence-corrected chi connectivity index (χ2v) is 4.27. The van der Waals surface area contributed by atoms with Crippen LogP contribution < -0.4 is 5.73 Å².